The maximum atomic E-state index is 8.47. The van der Waals surface area contributed by atoms with Crippen LogP contribution in [0.15, 0.2) is 17.4 Å². The van der Waals surface area contributed by atoms with Gasteiger partial charge in [-0.3, -0.25) is 0 Å². The lowest BCUT2D eigenvalue weighted by molar-refractivity contribution is 0.259. The van der Waals surface area contributed by atoms with Crippen LogP contribution in [0.4, 0.5) is 0 Å². The third kappa shape index (κ3) is 4.01. The number of pyridine rings is 1. The number of nitrogens with zero attached hydrogens (tertiary/aromatic N) is 2. The molecule has 1 aromatic heterocycles. The summed E-state index contributed by atoms with van der Waals surface area (Å²) in [6.45, 7) is 2.70. The molecule has 0 aliphatic carbocycles. The third-order valence-electron chi connectivity index (χ3n) is 2.69. The van der Waals surface area contributed by atoms with E-state index < -0.39 is 0 Å². The predicted octanol–water partition coefficient (Wildman–Crippen LogP) is 1.95. The van der Waals surface area contributed by atoms with Crippen molar-refractivity contribution in [1.82, 2.24) is 10.3 Å². The Morgan fingerprint density at radius 3 is 3.17 bits per heavy atom. The zero-order valence-electron chi connectivity index (χ0n) is 9.67. The van der Waals surface area contributed by atoms with Crippen LogP contribution in [0, 0.1) is 5.92 Å². The molecule has 0 unspecified atom stereocenters. The number of hydrogen-bond donors (Lipinski definition) is 2. The summed E-state index contributed by atoms with van der Waals surface area (Å²) in [4.78, 5) is 3.97. The number of hydrogen-bond acceptors (Lipinski definition) is 5. The van der Waals surface area contributed by atoms with Gasteiger partial charge < -0.3 is 15.3 Å². The van der Waals surface area contributed by atoms with Crippen LogP contribution < -0.4 is 10.1 Å². The van der Waals surface area contributed by atoms with E-state index in [9.17, 15) is 0 Å². The van der Waals surface area contributed by atoms with Crippen LogP contribution in [0.25, 0.3) is 0 Å². The average molecular weight is 292 g/mol. The molecule has 100 valence electrons. The molecule has 1 aliphatic rings. The fourth-order valence-electron chi connectivity index (χ4n) is 1.75. The Balaban J connectivity index is 0.00000162. The monoisotopic (exact) mass is 291 g/mol. The van der Waals surface area contributed by atoms with Crippen molar-refractivity contribution in [2.45, 2.75) is 6.42 Å². The highest BCUT2D eigenvalue weighted by molar-refractivity contribution is 6.31. The molecule has 0 saturated carbocycles. The second kappa shape index (κ2) is 7.41. The van der Waals surface area contributed by atoms with Gasteiger partial charge in [-0.15, -0.1) is 12.4 Å². The van der Waals surface area contributed by atoms with Gasteiger partial charge in [0, 0.05) is 18.0 Å². The van der Waals surface area contributed by atoms with E-state index in [1.165, 1.54) is 6.21 Å². The second-order valence-corrected chi connectivity index (χ2v) is 4.32. The number of ether oxygens (including phenoxy) is 1. The molecule has 2 N–H and O–H groups in total. The van der Waals surface area contributed by atoms with Gasteiger partial charge in [0.05, 0.1) is 19.0 Å². The minimum Gasteiger partial charge on any atom is -0.492 e. The molecule has 1 saturated heterocycles. The summed E-state index contributed by atoms with van der Waals surface area (Å²) in [7, 11) is 0. The van der Waals surface area contributed by atoms with Gasteiger partial charge in [-0.25, -0.2) is 4.98 Å². The third-order valence-corrected chi connectivity index (χ3v) is 3.00. The van der Waals surface area contributed by atoms with Crippen LogP contribution >= 0.6 is 24.0 Å². The minimum atomic E-state index is 0. The zero-order chi connectivity index (χ0) is 12.1. The summed E-state index contributed by atoms with van der Waals surface area (Å²) in [5.74, 6) is 1.18. The van der Waals surface area contributed by atoms with Crippen LogP contribution in [0.1, 0.15) is 12.0 Å². The first-order valence-corrected chi connectivity index (χ1v) is 5.84. The highest BCUT2D eigenvalue weighted by Crippen LogP contribution is 2.19. The zero-order valence-corrected chi connectivity index (χ0v) is 11.2. The number of aromatic nitrogens is 1. The molecule has 2 heterocycles. The Morgan fingerprint density at radius 2 is 2.50 bits per heavy atom. The summed E-state index contributed by atoms with van der Waals surface area (Å²) >= 11 is 5.82. The Morgan fingerprint density at radius 1 is 1.67 bits per heavy atom. The SMILES string of the molecule is Cl.ON=Cc1cc(OC[C@@H]2CCNC2)cnc1Cl. The predicted molar refractivity (Wildman–Crippen MR) is 72.3 cm³/mol. The van der Waals surface area contributed by atoms with E-state index >= 15 is 0 Å². The summed E-state index contributed by atoms with van der Waals surface area (Å²) in [6, 6.07) is 1.71. The van der Waals surface area contributed by atoms with Gasteiger partial charge in [0.25, 0.3) is 0 Å². The van der Waals surface area contributed by atoms with E-state index in [4.69, 9.17) is 21.5 Å². The van der Waals surface area contributed by atoms with Gasteiger partial charge >= 0.3 is 0 Å². The Hall–Kier alpha value is -1.04. The highest BCUT2D eigenvalue weighted by Gasteiger charge is 2.15. The fraction of sp³-hybridized carbons (Fsp3) is 0.455. The van der Waals surface area contributed by atoms with Crippen molar-refractivity contribution in [2.75, 3.05) is 19.7 Å². The van der Waals surface area contributed by atoms with Gasteiger partial charge in [0.2, 0.25) is 0 Å². The van der Waals surface area contributed by atoms with Crippen LogP contribution in [-0.4, -0.2) is 36.1 Å². The van der Waals surface area contributed by atoms with Crippen LogP contribution in [0.3, 0.4) is 0 Å². The smallest absolute Gasteiger partial charge is 0.138 e. The molecule has 0 spiro atoms. The van der Waals surface area contributed by atoms with Crippen LogP contribution in [0.5, 0.6) is 5.75 Å². The first-order valence-electron chi connectivity index (χ1n) is 5.46. The van der Waals surface area contributed by atoms with Crippen LogP contribution in [0.2, 0.25) is 5.15 Å². The van der Waals surface area contributed by atoms with E-state index in [-0.39, 0.29) is 17.6 Å². The van der Waals surface area contributed by atoms with Crippen molar-refractivity contribution in [1.29, 1.82) is 0 Å². The van der Waals surface area contributed by atoms with Crippen molar-refractivity contribution in [2.24, 2.45) is 11.1 Å². The summed E-state index contributed by atoms with van der Waals surface area (Å²) < 4.78 is 5.63. The number of nitrogens with one attached hydrogen (secondary N) is 1. The topological polar surface area (TPSA) is 66.7 Å². The number of halogens is 2. The van der Waals surface area contributed by atoms with E-state index in [0.29, 0.717) is 23.8 Å². The Labute approximate surface area is 117 Å². The van der Waals surface area contributed by atoms with E-state index in [1.54, 1.807) is 12.3 Å². The molecule has 0 radical (unpaired) electrons. The standard InChI is InChI=1S/C11H14ClN3O2.ClH/c12-11-9(5-15-16)3-10(6-14-11)17-7-8-1-2-13-4-8;/h3,5-6,8,13,16H,1-2,4,7H2;1H/t8-;/m1./s1. The molecular weight excluding hydrogens is 277 g/mol. The van der Waals surface area contributed by atoms with E-state index in [1.807, 2.05) is 0 Å². The molecule has 0 bridgehead atoms. The van der Waals surface area contributed by atoms with Gasteiger partial charge in [0.1, 0.15) is 10.9 Å². The van der Waals surface area contributed by atoms with Crippen molar-refractivity contribution < 1.29 is 9.94 Å². The molecule has 0 aromatic carbocycles. The first kappa shape index (κ1) is 15.0. The molecule has 18 heavy (non-hydrogen) atoms. The lowest BCUT2D eigenvalue weighted by atomic mass is 10.1. The molecule has 1 fully saturated rings. The van der Waals surface area contributed by atoms with Gasteiger partial charge in [-0.05, 0) is 19.0 Å². The van der Waals surface area contributed by atoms with Crippen molar-refractivity contribution in [3.63, 3.8) is 0 Å². The van der Waals surface area contributed by atoms with Gasteiger partial charge in [-0.1, -0.05) is 16.8 Å². The Kier molecular flexibility index (Phi) is 6.18. The van der Waals surface area contributed by atoms with Crippen LogP contribution in [-0.2, 0) is 0 Å². The van der Waals surface area contributed by atoms with E-state index in [0.717, 1.165) is 19.5 Å². The van der Waals surface area contributed by atoms with Crippen molar-refractivity contribution >= 4 is 30.2 Å². The van der Waals surface area contributed by atoms with E-state index in [2.05, 4.69) is 15.5 Å². The lowest BCUT2D eigenvalue weighted by Gasteiger charge is -2.11. The lowest BCUT2D eigenvalue weighted by Crippen LogP contribution is -2.15. The molecule has 1 aromatic rings. The molecular formula is C11H15Cl2N3O2. The average Bonchev–Trinajstić information content (AvgIpc) is 2.83. The van der Waals surface area contributed by atoms with Crippen molar-refractivity contribution in [3.8, 4) is 5.75 Å². The summed E-state index contributed by atoms with van der Waals surface area (Å²) in [5.41, 5.74) is 0.538. The Bertz CT molecular complexity index is 409. The largest absolute Gasteiger partial charge is 0.492 e. The number of oxime groups is 1. The normalized spacial score (nSPS) is 18.8. The van der Waals surface area contributed by atoms with Gasteiger partial charge in [-0.2, -0.15) is 0 Å². The molecule has 1 aliphatic heterocycles. The molecule has 2 rings (SSSR count). The highest BCUT2D eigenvalue weighted by atomic mass is 35.5. The maximum Gasteiger partial charge on any atom is 0.138 e. The van der Waals surface area contributed by atoms with Gasteiger partial charge in [0.15, 0.2) is 0 Å². The molecule has 0 amide bonds. The molecule has 1 atom stereocenters. The van der Waals surface area contributed by atoms with Crippen molar-refractivity contribution in [3.05, 3.63) is 23.0 Å². The minimum absolute atomic E-state index is 0. The maximum absolute atomic E-state index is 8.47. The first-order chi connectivity index (χ1) is 8.29. The summed E-state index contributed by atoms with van der Waals surface area (Å²) in [5, 5.41) is 15.0. The fourth-order valence-corrected chi connectivity index (χ4v) is 1.90. The molecule has 7 heteroatoms. The summed E-state index contributed by atoms with van der Waals surface area (Å²) in [6.07, 6.45) is 3.94. The second-order valence-electron chi connectivity index (χ2n) is 3.97. The quantitative estimate of drug-likeness (QED) is 0.385. The molecule has 5 nitrogen and oxygen atoms in total. The number of rotatable bonds is 4.